The third-order valence-electron chi connectivity index (χ3n) is 1.43. The highest BCUT2D eigenvalue weighted by Crippen LogP contribution is 2.26. The van der Waals surface area contributed by atoms with Crippen LogP contribution in [0, 0.1) is 0 Å². The molecule has 0 aliphatic heterocycles. The monoisotopic (exact) mass is 257 g/mol. The number of sulfonamides is 1. The van der Waals surface area contributed by atoms with Crippen molar-refractivity contribution in [1.82, 2.24) is 0 Å². The molecule has 8 heteroatoms. The van der Waals surface area contributed by atoms with Gasteiger partial charge in [-0.1, -0.05) is 11.6 Å². The second-order valence-electron chi connectivity index (χ2n) is 2.52. The van der Waals surface area contributed by atoms with Crippen LogP contribution in [0.25, 0.3) is 0 Å². The first-order valence-electron chi connectivity index (χ1n) is 3.58. The van der Waals surface area contributed by atoms with E-state index in [0.717, 1.165) is 18.2 Å². The van der Waals surface area contributed by atoms with Crippen LogP contribution in [0.5, 0.6) is 5.75 Å². The van der Waals surface area contributed by atoms with E-state index >= 15 is 0 Å². The Bertz CT molecular complexity index is 463. The highest BCUT2D eigenvalue weighted by atomic mass is 35.5. The SMILES string of the molecule is NS(=O)(=O)c1cc(OC(F)F)ccc1Cl. The van der Waals surface area contributed by atoms with Crippen molar-refractivity contribution in [2.75, 3.05) is 0 Å². The van der Waals surface area contributed by atoms with Gasteiger partial charge in [0.1, 0.15) is 10.6 Å². The van der Waals surface area contributed by atoms with Crippen molar-refractivity contribution in [2.45, 2.75) is 11.5 Å². The average Bonchev–Trinajstić information content (AvgIpc) is 2.05. The molecule has 84 valence electrons. The molecule has 0 heterocycles. The average molecular weight is 258 g/mol. The van der Waals surface area contributed by atoms with Crippen molar-refractivity contribution in [3.63, 3.8) is 0 Å². The number of rotatable bonds is 3. The summed E-state index contributed by atoms with van der Waals surface area (Å²) in [5, 5.41) is 4.65. The molecule has 0 atom stereocenters. The minimum absolute atomic E-state index is 0.154. The van der Waals surface area contributed by atoms with E-state index in [1.807, 2.05) is 0 Å². The summed E-state index contributed by atoms with van der Waals surface area (Å²) in [7, 11) is -4.05. The second-order valence-corrected chi connectivity index (χ2v) is 4.45. The van der Waals surface area contributed by atoms with E-state index in [-0.39, 0.29) is 10.8 Å². The van der Waals surface area contributed by atoms with Gasteiger partial charge in [-0.3, -0.25) is 0 Å². The maximum absolute atomic E-state index is 11.8. The molecule has 1 aromatic rings. The predicted molar refractivity (Wildman–Crippen MR) is 49.5 cm³/mol. The van der Waals surface area contributed by atoms with Crippen LogP contribution >= 0.6 is 11.6 Å². The molecule has 0 radical (unpaired) electrons. The first-order valence-corrected chi connectivity index (χ1v) is 5.50. The maximum Gasteiger partial charge on any atom is 0.387 e. The van der Waals surface area contributed by atoms with Gasteiger partial charge in [-0.25, -0.2) is 13.6 Å². The minimum atomic E-state index is -4.05. The fourth-order valence-corrected chi connectivity index (χ4v) is 1.94. The van der Waals surface area contributed by atoms with Gasteiger partial charge in [0.15, 0.2) is 0 Å². The molecule has 0 spiro atoms. The van der Waals surface area contributed by atoms with Gasteiger partial charge in [-0.15, -0.1) is 0 Å². The van der Waals surface area contributed by atoms with Crippen LogP contribution in [0.3, 0.4) is 0 Å². The van der Waals surface area contributed by atoms with Crippen LogP contribution in [-0.2, 0) is 10.0 Å². The Morgan fingerprint density at radius 3 is 2.47 bits per heavy atom. The summed E-state index contributed by atoms with van der Waals surface area (Å²) >= 11 is 5.52. The lowest BCUT2D eigenvalue weighted by Crippen LogP contribution is -2.13. The Balaban J connectivity index is 3.18. The summed E-state index contributed by atoms with van der Waals surface area (Å²) in [5.41, 5.74) is 0. The van der Waals surface area contributed by atoms with Crippen molar-refractivity contribution in [3.05, 3.63) is 23.2 Å². The van der Waals surface area contributed by atoms with Crippen molar-refractivity contribution >= 4 is 21.6 Å². The van der Waals surface area contributed by atoms with Crippen molar-refractivity contribution in [1.29, 1.82) is 0 Å². The van der Waals surface area contributed by atoms with Crippen molar-refractivity contribution < 1.29 is 21.9 Å². The van der Waals surface area contributed by atoms with Crippen LogP contribution in [0.4, 0.5) is 8.78 Å². The highest BCUT2D eigenvalue weighted by molar-refractivity contribution is 7.89. The minimum Gasteiger partial charge on any atom is -0.435 e. The van der Waals surface area contributed by atoms with E-state index in [1.165, 1.54) is 0 Å². The largest absolute Gasteiger partial charge is 0.435 e. The number of ether oxygens (including phenoxy) is 1. The molecule has 0 bridgehead atoms. The molecule has 0 aliphatic carbocycles. The second kappa shape index (κ2) is 4.30. The third kappa shape index (κ3) is 3.29. The molecular formula is C7H6ClF2NO3S. The van der Waals surface area contributed by atoms with E-state index in [4.69, 9.17) is 16.7 Å². The molecule has 1 rings (SSSR count). The summed E-state index contributed by atoms with van der Waals surface area (Å²) in [6.45, 7) is -3.04. The number of nitrogens with two attached hydrogens (primary N) is 1. The number of hydrogen-bond acceptors (Lipinski definition) is 3. The first kappa shape index (κ1) is 12.2. The van der Waals surface area contributed by atoms with Gasteiger partial charge in [0.05, 0.1) is 5.02 Å². The number of alkyl halides is 2. The van der Waals surface area contributed by atoms with E-state index in [1.54, 1.807) is 0 Å². The Morgan fingerprint density at radius 1 is 1.40 bits per heavy atom. The molecule has 0 aromatic heterocycles. The molecule has 1 aromatic carbocycles. The summed E-state index contributed by atoms with van der Waals surface area (Å²) in [4.78, 5) is -0.456. The molecule has 4 nitrogen and oxygen atoms in total. The zero-order valence-electron chi connectivity index (χ0n) is 7.15. The zero-order chi connectivity index (χ0) is 11.6. The third-order valence-corrected chi connectivity index (χ3v) is 2.83. The van der Waals surface area contributed by atoms with Crippen LogP contribution in [0.2, 0.25) is 5.02 Å². The van der Waals surface area contributed by atoms with Gasteiger partial charge in [0.2, 0.25) is 10.0 Å². The highest BCUT2D eigenvalue weighted by Gasteiger charge is 2.15. The lowest BCUT2D eigenvalue weighted by atomic mass is 10.3. The molecule has 0 saturated heterocycles. The molecule has 2 N–H and O–H groups in total. The molecule has 15 heavy (non-hydrogen) atoms. The quantitative estimate of drug-likeness (QED) is 0.894. The normalized spacial score (nSPS) is 11.8. The van der Waals surface area contributed by atoms with Crippen LogP contribution in [0.15, 0.2) is 23.1 Å². The standard InChI is InChI=1S/C7H6ClF2NO3S/c8-5-2-1-4(14-7(9)10)3-6(5)15(11,12)13/h1-3,7H,(H2,11,12,13). The van der Waals surface area contributed by atoms with Crippen LogP contribution in [0.1, 0.15) is 0 Å². The van der Waals surface area contributed by atoms with Gasteiger partial charge in [-0.05, 0) is 12.1 Å². The van der Waals surface area contributed by atoms with E-state index < -0.39 is 21.5 Å². The molecule has 0 unspecified atom stereocenters. The first-order chi connectivity index (χ1) is 6.80. The Hall–Kier alpha value is -0.920. The number of benzene rings is 1. The fraction of sp³-hybridized carbons (Fsp3) is 0.143. The Morgan fingerprint density at radius 2 is 2.00 bits per heavy atom. The van der Waals surface area contributed by atoms with Crippen LogP contribution in [-0.4, -0.2) is 15.0 Å². The predicted octanol–water partition coefficient (Wildman–Crippen LogP) is 1.59. The molecule has 0 aliphatic rings. The van der Waals surface area contributed by atoms with E-state index in [2.05, 4.69) is 4.74 Å². The molecule has 0 fully saturated rings. The number of hydrogen-bond donors (Lipinski definition) is 1. The Kier molecular flexibility index (Phi) is 3.48. The Labute approximate surface area is 89.6 Å². The lowest BCUT2D eigenvalue weighted by molar-refractivity contribution is -0.0499. The van der Waals surface area contributed by atoms with Gasteiger partial charge in [-0.2, -0.15) is 8.78 Å². The molecule has 0 amide bonds. The van der Waals surface area contributed by atoms with Gasteiger partial charge >= 0.3 is 6.61 Å². The summed E-state index contributed by atoms with van der Waals surface area (Å²) in [6, 6.07) is 3.06. The van der Waals surface area contributed by atoms with E-state index in [9.17, 15) is 17.2 Å². The van der Waals surface area contributed by atoms with Gasteiger partial charge in [0, 0.05) is 6.07 Å². The fourth-order valence-electron chi connectivity index (χ4n) is 0.878. The summed E-state index contributed by atoms with van der Waals surface area (Å²) in [6.07, 6.45) is 0. The number of halogens is 3. The summed E-state index contributed by atoms with van der Waals surface area (Å²) < 4.78 is 49.5. The topological polar surface area (TPSA) is 69.4 Å². The maximum atomic E-state index is 11.8. The smallest absolute Gasteiger partial charge is 0.387 e. The van der Waals surface area contributed by atoms with E-state index in [0.29, 0.717) is 0 Å². The van der Waals surface area contributed by atoms with Crippen molar-refractivity contribution in [2.24, 2.45) is 5.14 Å². The van der Waals surface area contributed by atoms with Gasteiger partial charge in [0.25, 0.3) is 0 Å². The molecule has 0 saturated carbocycles. The zero-order valence-corrected chi connectivity index (χ0v) is 8.73. The molecular weight excluding hydrogens is 252 g/mol. The van der Waals surface area contributed by atoms with Gasteiger partial charge < -0.3 is 4.74 Å². The lowest BCUT2D eigenvalue weighted by Gasteiger charge is -2.06. The van der Waals surface area contributed by atoms with Crippen LogP contribution < -0.4 is 9.88 Å². The number of primary sulfonamides is 1. The summed E-state index contributed by atoms with van der Waals surface area (Å²) in [5.74, 6) is -0.321. The van der Waals surface area contributed by atoms with Crippen molar-refractivity contribution in [3.8, 4) is 5.75 Å².